The fourth-order valence-electron chi connectivity index (χ4n) is 6.71. The molecule has 33 heteroatoms. The Kier molecular flexibility index (Phi) is 27.8. The van der Waals surface area contributed by atoms with E-state index in [1.54, 1.807) is 0 Å². The van der Waals surface area contributed by atoms with E-state index >= 15 is 0 Å². The van der Waals surface area contributed by atoms with Crippen LogP contribution < -0.4 is 64.6 Å². The summed E-state index contributed by atoms with van der Waals surface area (Å²) in [6, 6.07) is -15.3. The maximum absolute atomic E-state index is 13.6. The fourth-order valence-corrected chi connectivity index (χ4v) is 7.13. The van der Waals surface area contributed by atoms with Gasteiger partial charge in [-0.15, -0.1) is 0 Å². The Morgan fingerprint density at radius 1 is 0.541 bits per heavy atom. The van der Waals surface area contributed by atoms with Crippen molar-refractivity contribution in [1.29, 1.82) is 0 Å². The molecule has 0 unspecified atom stereocenters. The van der Waals surface area contributed by atoms with Gasteiger partial charge in [0.1, 0.15) is 60.9 Å². The molecular formula is C41H69N13O18S2. The number of hydrogen-bond acceptors (Lipinski definition) is 20. The molecular weight excluding hydrogens is 1030 g/mol. The number of aliphatic carboxylic acids is 1. The normalized spacial score (nSPS) is 18.4. The molecule has 0 bridgehead atoms. The van der Waals surface area contributed by atoms with Crippen LogP contribution in [-0.2, 0) is 62.3 Å². The number of amides is 12. The summed E-state index contributed by atoms with van der Waals surface area (Å²) in [5.74, 6) is -14.1. The third-order valence-corrected chi connectivity index (χ3v) is 11.6. The standard InChI is InChI=1S/C41H69N13O18S2/c1-15(46-35(66)22(10-25(43)59)48-26(60)11-44-37(68)28(17(3)55)53-40(71)31(20(6)58)51-33(64)21(42)13-73)32(63)50-29(18(4)56)38(69)47-16(2)41(72)54-9-7-8-24(54)36(67)52-30(19(5)57)39(70)49-23(14-74)34(65)45-12-27(61)62/h15-24,28-31,55-58,73-74H,7-14,42H2,1-6H3,(H2,43,59)(H,44,68)(H,45,65)(H,46,66)(H,47,69)(H,48,60)(H,49,70)(H,50,63)(H,51,64)(H,52,67)(H,53,71)(H,61,62)/t15-,16-,17+,18+,19+,20+,21-,22-,23-,24-,28-,29-,30-,31-/m0/s1. The topological polar surface area (TPSA) is 499 Å². The highest BCUT2D eigenvalue weighted by Gasteiger charge is 2.40. The number of carboxylic acids is 1. The van der Waals surface area contributed by atoms with Crippen LogP contribution in [0.3, 0.4) is 0 Å². The van der Waals surface area contributed by atoms with Crippen LogP contribution in [0, 0.1) is 0 Å². The second-order valence-electron chi connectivity index (χ2n) is 17.2. The van der Waals surface area contributed by atoms with Gasteiger partial charge in [0.2, 0.25) is 70.9 Å². The molecule has 1 rings (SSSR count). The molecule has 0 aromatic carbocycles. The Hall–Kier alpha value is -6.39. The average molecular weight is 1100 g/mol. The van der Waals surface area contributed by atoms with Gasteiger partial charge in [-0.05, 0) is 54.4 Å². The molecule has 0 aliphatic carbocycles. The van der Waals surface area contributed by atoms with Gasteiger partial charge in [-0.2, -0.15) is 25.3 Å². The molecule has 418 valence electrons. The average Bonchev–Trinajstić information content (AvgIpc) is 3.82. The molecule has 19 N–H and O–H groups in total. The van der Waals surface area contributed by atoms with Crippen molar-refractivity contribution in [3.8, 4) is 0 Å². The Labute approximate surface area is 435 Å². The molecule has 0 aromatic heterocycles. The second kappa shape index (κ2) is 31.4. The molecule has 14 atom stereocenters. The first-order valence-corrected chi connectivity index (χ1v) is 24.1. The molecule has 0 radical (unpaired) electrons. The van der Waals surface area contributed by atoms with E-state index in [2.05, 4.69) is 78.4 Å². The number of nitrogens with zero attached hydrogens (tertiary/aromatic N) is 1. The Morgan fingerprint density at radius 2 is 1.00 bits per heavy atom. The summed E-state index contributed by atoms with van der Waals surface area (Å²) in [5, 5.41) is 72.0. The highest BCUT2D eigenvalue weighted by atomic mass is 32.1. The van der Waals surface area contributed by atoms with Crippen molar-refractivity contribution < 1.29 is 87.9 Å². The molecule has 1 aliphatic heterocycles. The second-order valence-corrected chi connectivity index (χ2v) is 17.9. The van der Waals surface area contributed by atoms with E-state index in [1.807, 2.05) is 0 Å². The van der Waals surface area contributed by atoms with Crippen LogP contribution in [0.25, 0.3) is 0 Å². The minimum Gasteiger partial charge on any atom is -0.480 e. The van der Waals surface area contributed by atoms with Crippen molar-refractivity contribution in [2.24, 2.45) is 11.5 Å². The third-order valence-electron chi connectivity index (χ3n) is 10.8. The van der Waals surface area contributed by atoms with Crippen LogP contribution >= 0.6 is 25.3 Å². The van der Waals surface area contributed by atoms with Gasteiger partial charge in [0.05, 0.1) is 43.4 Å². The number of aliphatic hydroxyl groups excluding tert-OH is 4. The van der Waals surface area contributed by atoms with Crippen molar-refractivity contribution in [1.82, 2.24) is 58.1 Å². The zero-order valence-electron chi connectivity index (χ0n) is 41.3. The minimum absolute atomic E-state index is 0.000125. The van der Waals surface area contributed by atoms with Crippen molar-refractivity contribution in [3.05, 3.63) is 0 Å². The summed E-state index contributed by atoms with van der Waals surface area (Å²) in [5.41, 5.74) is 10.9. The molecule has 1 heterocycles. The van der Waals surface area contributed by atoms with E-state index in [-0.39, 0.29) is 30.9 Å². The van der Waals surface area contributed by atoms with Gasteiger partial charge >= 0.3 is 5.97 Å². The molecule has 1 aliphatic rings. The molecule has 0 spiro atoms. The van der Waals surface area contributed by atoms with Crippen LogP contribution in [-0.4, -0.2) is 223 Å². The molecule has 12 amide bonds. The first kappa shape index (κ1) is 65.6. The highest BCUT2D eigenvalue weighted by Crippen LogP contribution is 2.19. The van der Waals surface area contributed by atoms with Gasteiger partial charge < -0.3 is 95.1 Å². The van der Waals surface area contributed by atoms with Crippen molar-refractivity contribution in [2.45, 2.75) is 146 Å². The smallest absolute Gasteiger partial charge is 0.322 e. The van der Waals surface area contributed by atoms with Gasteiger partial charge in [0.15, 0.2) is 0 Å². The van der Waals surface area contributed by atoms with Crippen LogP contribution in [0.4, 0.5) is 0 Å². The number of carbonyl (C=O) groups excluding carboxylic acids is 12. The number of aliphatic hydroxyl groups is 4. The summed E-state index contributed by atoms with van der Waals surface area (Å²) in [7, 11) is 0. The Bertz CT molecular complexity index is 2070. The summed E-state index contributed by atoms with van der Waals surface area (Å²) >= 11 is 7.87. The van der Waals surface area contributed by atoms with Crippen molar-refractivity contribution >= 4 is 102 Å². The summed E-state index contributed by atoms with van der Waals surface area (Å²) in [4.78, 5) is 167. The lowest BCUT2D eigenvalue weighted by atomic mass is 10.1. The number of hydrogen-bond donors (Lipinski definition) is 19. The molecule has 1 fully saturated rings. The number of carbonyl (C=O) groups is 13. The summed E-state index contributed by atoms with van der Waals surface area (Å²) in [6.45, 7) is 5.19. The third kappa shape index (κ3) is 21.2. The number of carboxylic acid groups (broad SMARTS) is 1. The lowest BCUT2D eigenvalue weighted by molar-refractivity contribution is -0.143. The number of primary amides is 1. The summed E-state index contributed by atoms with van der Waals surface area (Å²) in [6.07, 6.45) is -6.77. The molecule has 1 saturated heterocycles. The number of thiol groups is 2. The predicted octanol–water partition coefficient (Wildman–Crippen LogP) is -10.2. The van der Waals surface area contributed by atoms with Crippen LogP contribution in [0.1, 0.15) is 60.8 Å². The van der Waals surface area contributed by atoms with Gasteiger partial charge in [0.25, 0.3) is 0 Å². The number of nitrogens with two attached hydrogens (primary N) is 2. The van der Waals surface area contributed by atoms with Gasteiger partial charge in [0, 0.05) is 18.1 Å². The Morgan fingerprint density at radius 3 is 1.50 bits per heavy atom. The van der Waals surface area contributed by atoms with Gasteiger partial charge in [-0.3, -0.25) is 62.3 Å². The number of nitrogens with one attached hydrogen (secondary N) is 10. The lowest BCUT2D eigenvalue weighted by Crippen LogP contribution is -2.62. The monoisotopic (exact) mass is 1100 g/mol. The molecule has 0 saturated carbocycles. The lowest BCUT2D eigenvalue weighted by Gasteiger charge is -2.30. The SMILES string of the molecule is C[C@H](NC(=O)[C@H](CC(N)=O)NC(=O)CNC(=O)[C@@H](NC(=O)[C@@H](NC(=O)[C@@H](N)CS)[C@@H](C)O)[C@@H](C)O)C(=O)N[C@H](C(=O)N[C@@H](C)C(=O)N1CCC[C@H]1C(=O)N[C@H](C(=O)N[C@@H](CS)C(=O)NCC(=O)O)[C@@H](C)O)[C@@H](C)O. The summed E-state index contributed by atoms with van der Waals surface area (Å²) < 4.78 is 0. The maximum atomic E-state index is 13.6. The molecule has 31 nitrogen and oxygen atoms in total. The van der Waals surface area contributed by atoms with E-state index in [1.165, 1.54) is 6.92 Å². The maximum Gasteiger partial charge on any atom is 0.322 e. The van der Waals surface area contributed by atoms with Gasteiger partial charge in [-0.25, -0.2) is 0 Å². The minimum atomic E-state index is -1.78. The van der Waals surface area contributed by atoms with E-state index in [4.69, 9.17) is 16.6 Å². The highest BCUT2D eigenvalue weighted by molar-refractivity contribution is 7.80. The Balaban J connectivity index is 2.99. The number of likely N-dealkylation sites (tertiary alicyclic amines) is 1. The molecule has 74 heavy (non-hydrogen) atoms. The van der Waals surface area contributed by atoms with E-state index < -0.39 is 181 Å². The fraction of sp³-hybridized carbons (Fsp3) is 0.683. The van der Waals surface area contributed by atoms with Crippen LogP contribution in [0.15, 0.2) is 0 Å². The largest absolute Gasteiger partial charge is 0.480 e. The number of rotatable bonds is 30. The van der Waals surface area contributed by atoms with E-state index in [0.29, 0.717) is 0 Å². The van der Waals surface area contributed by atoms with Crippen LogP contribution in [0.5, 0.6) is 0 Å². The predicted molar refractivity (Wildman–Crippen MR) is 261 cm³/mol. The first-order valence-electron chi connectivity index (χ1n) is 22.9. The quantitative estimate of drug-likeness (QED) is 0.0297. The molecule has 0 aromatic rings. The van der Waals surface area contributed by atoms with Crippen molar-refractivity contribution in [2.75, 3.05) is 31.1 Å². The zero-order chi connectivity index (χ0) is 56.9. The van der Waals surface area contributed by atoms with E-state index in [9.17, 15) is 82.8 Å². The first-order chi connectivity index (χ1) is 34.4. The zero-order valence-corrected chi connectivity index (χ0v) is 43.1. The van der Waals surface area contributed by atoms with Crippen LogP contribution in [0.2, 0.25) is 0 Å². The van der Waals surface area contributed by atoms with Crippen molar-refractivity contribution in [3.63, 3.8) is 0 Å². The van der Waals surface area contributed by atoms with E-state index in [0.717, 1.165) is 39.5 Å². The van der Waals surface area contributed by atoms with Gasteiger partial charge in [-0.1, -0.05) is 0 Å².